The summed E-state index contributed by atoms with van der Waals surface area (Å²) in [6.07, 6.45) is 5.49. The summed E-state index contributed by atoms with van der Waals surface area (Å²) < 4.78 is 16.4. The first-order chi connectivity index (χ1) is 18.9. The molecule has 0 aliphatic heterocycles. The summed E-state index contributed by atoms with van der Waals surface area (Å²) in [5.41, 5.74) is 5.16. The van der Waals surface area contributed by atoms with Gasteiger partial charge in [-0.15, -0.1) is 0 Å². The van der Waals surface area contributed by atoms with Gasteiger partial charge < -0.3 is 35.9 Å². The molecule has 0 rings (SSSR count). The quantitative estimate of drug-likeness (QED) is 0.105. The van der Waals surface area contributed by atoms with Gasteiger partial charge in [0.15, 0.2) is 0 Å². The van der Waals surface area contributed by atoms with Gasteiger partial charge in [0, 0.05) is 43.9 Å². The largest absolute Gasteiger partial charge is 0.384 e. The Balaban J connectivity index is 0. The Hall–Kier alpha value is -1.75. The number of hydrogen-bond donors (Lipinski definition) is 4. The van der Waals surface area contributed by atoms with Crippen LogP contribution in [0.1, 0.15) is 101 Å². The minimum Gasteiger partial charge on any atom is -0.384 e. The molecule has 0 aromatic heterocycles. The molecule has 0 fully saturated rings. The van der Waals surface area contributed by atoms with Crippen LogP contribution in [0.2, 0.25) is 0 Å². The molecule has 0 bridgehead atoms. The smallest absolute Gasteiger partial charge is 0.220 e. The van der Waals surface area contributed by atoms with E-state index >= 15 is 0 Å². The molecular formula is C31H64N4O6. The summed E-state index contributed by atoms with van der Waals surface area (Å²) in [5.74, 6) is 0.188. The molecule has 0 radical (unpaired) electrons. The fourth-order valence-electron chi connectivity index (χ4n) is 3.62. The molecule has 0 saturated carbocycles. The molecular weight excluding hydrogens is 524 g/mol. The van der Waals surface area contributed by atoms with Gasteiger partial charge in [0.25, 0.3) is 0 Å². The van der Waals surface area contributed by atoms with Crippen LogP contribution in [0.3, 0.4) is 0 Å². The van der Waals surface area contributed by atoms with Crippen LogP contribution in [0.15, 0.2) is 0 Å². The highest BCUT2D eigenvalue weighted by Crippen LogP contribution is 2.22. The maximum absolute atomic E-state index is 12.1. The van der Waals surface area contributed by atoms with Crippen LogP contribution in [0, 0.1) is 16.2 Å². The van der Waals surface area contributed by atoms with Crippen LogP contribution in [0.25, 0.3) is 0 Å². The second-order valence-electron chi connectivity index (χ2n) is 13.9. The molecule has 10 nitrogen and oxygen atoms in total. The van der Waals surface area contributed by atoms with Gasteiger partial charge in [0.2, 0.25) is 18.2 Å². The fourth-order valence-corrected chi connectivity index (χ4v) is 3.62. The summed E-state index contributed by atoms with van der Waals surface area (Å²) in [5, 5.41) is 8.58. The lowest BCUT2D eigenvalue weighted by Gasteiger charge is -2.28. The molecule has 0 spiro atoms. The van der Waals surface area contributed by atoms with E-state index in [0.29, 0.717) is 65.4 Å². The first-order valence-electron chi connectivity index (χ1n) is 15.0. The number of amides is 3. The first kappa shape index (κ1) is 41.4. The van der Waals surface area contributed by atoms with Crippen molar-refractivity contribution in [3.05, 3.63) is 0 Å². The maximum Gasteiger partial charge on any atom is 0.220 e. The van der Waals surface area contributed by atoms with Crippen molar-refractivity contribution in [1.82, 2.24) is 16.0 Å². The van der Waals surface area contributed by atoms with E-state index < -0.39 is 0 Å². The van der Waals surface area contributed by atoms with Crippen LogP contribution in [0.5, 0.6) is 0 Å². The molecule has 3 amide bonds. The fraction of sp³-hybridized carbons (Fsp3) is 0.903. The number of unbranched alkanes of at least 4 members (excludes halogenated alkanes) is 2. The van der Waals surface area contributed by atoms with Gasteiger partial charge in [-0.05, 0) is 51.5 Å². The Kier molecular flexibility index (Phi) is 22.1. The Morgan fingerprint density at radius 1 is 0.732 bits per heavy atom. The minimum absolute atomic E-state index is 0.00596. The zero-order valence-electron chi connectivity index (χ0n) is 28.0. The Morgan fingerprint density at radius 3 is 1.76 bits per heavy atom. The molecule has 5 N–H and O–H groups in total. The first-order valence-corrected chi connectivity index (χ1v) is 15.0. The molecule has 0 aliphatic carbocycles. The van der Waals surface area contributed by atoms with E-state index in [0.717, 1.165) is 32.2 Å². The third-order valence-electron chi connectivity index (χ3n) is 6.09. The van der Waals surface area contributed by atoms with Crippen molar-refractivity contribution in [2.24, 2.45) is 22.0 Å². The van der Waals surface area contributed by atoms with Gasteiger partial charge in [0.05, 0.1) is 38.6 Å². The van der Waals surface area contributed by atoms with E-state index in [1.807, 2.05) is 34.6 Å². The van der Waals surface area contributed by atoms with Crippen molar-refractivity contribution in [3.63, 3.8) is 0 Å². The van der Waals surface area contributed by atoms with Crippen LogP contribution < -0.4 is 21.7 Å². The maximum atomic E-state index is 12.1. The molecule has 41 heavy (non-hydrogen) atoms. The number of carbonyl (C=O) groups is 3. The van der Waals surface area contributed by atoms with Gasteiger partial charge in [-0.3, -0.25) is 14.4 Å². The molecule has 0 unspecified atom stereocenters. The summed E-state index contributed by atoms with van der Waals surface area (Å²) in [4.78, 5) is 33.7. The lowest BCUT2D eigenvalue weighted by Crippen LogP contribution is -2.43. The third kappa shape index (κ3) is 26.9. The highest BCUT2D eigenvalue weighted by atomic mass is 16.5. The Labute approximate surface area is 251 Å². The zero-order valence-corrected chi connectivity index (χ0v) is 28.0. The molecule has 0 aromatic rings. The second-order valence-corrected chi connectivity index (χ2v) is 13.9. The minimum atomic E-state index is -0.315. The highest BCUT2D eigenvalue weighted by molar-refractivity contribution is 5.76. The van der Waals surface area contributed by atoms with Crippen molar-refractivity contribution in [2.75, 3.05) is 59.8 Å². The third-order valence-corrected chi connectivity index (χ3v) is 6.09. The predicted molar refractivity (Wildman–Crippen MR) is 167 cm³/mol. The number of nitrogens with two attached hydrogens (primary N) is 1. The van der Waals surface area contributed by atoms with Crippen molar-refractivity contribution in [3.8, 4) is 0 Å². The standard InChI is InChI=1S/C20H41N3O3.C11H23NO3/c1-6-10-17(24)22-11-8-7-9-12-23-18(25)13-19(2,3)15-26-16-20(4,5)14-21;1-10(2,6-14-5)7-15-8-11(3,4)12-9-13/h6-16,21H2,1-5H3,(H,22,24)(H,23,25);9H,6-8H2,1-5H3,(H,12,13). The highest BCUT2D eigenvalue weighted by Gasteiger charge is 2.24. The van der Waals surface area contributed by atoms with Crippen molar-refractivity contribution in [2.45, 2.75) is 106 Å². The summed E-state index contributed by atoms with van der Waals surface area (Å²) in [7, 11) is 1.68. The van der Waals surface area contributed by atoms with Gasteiger partial charge >= 0.3 is 0 Å². The average molecular weight is 589 g/mol. The van der Waals surface area contributed by atoms with E-state index in [1.54, 1.807) is 7.11 Å². The Bertz CT molecular complexity index is 711. The lowest BCUT2D eigenvalue weighted by molar-refractivity contribution is -0.124. The molecule has 244 valence electrons. The van der Waals surface area contributed by atoms with Crippen LogP contribution in [-0.4, -0.2) is 83.5 Å². The lowest BCUT2D eigenvalue weighted by atomic mass is 9.89. The summed E-state index contributed by atoms with van der Waals surface area (Å²) >= 11 is 0. The van der Waals surface area contributed by atoms with Crippen LogP contribution in [-0.2, 0) is 28.6 Å². The number of carbonyl (C=O) groups excluding carboxylic acids is 3. The van der Waals surface area contributed by atoms with Crippen molar-refractivity contribution >= 4 is 18.2 Å². The van der Waals surface area contributed by atoms with E-state index in [-0.39, 0.29) is 33.6 Å². The summed E-state index contributed by atoms with van der Waals surface area (Å²) in [6.45, 7) is 23.1. The number of rotatable bonds is 23. The second kappa shape index (κ2) is 21.9. The molecule has 0 aliphatic rings. The molecule has 0 aromatic carbocycles. The number of ether oxygens (including phenoxy) is 3. The molecule has 0 saturated heterocycles. The van der Waals surface area contributed by atoms with Crippen molar-refractivity contribution < 1.29 is 28.6 Å². The zero-order chi connectivity index (χ0) is 32.0. The summed E-state index contributed by atoms with van der Waals surface area (Å²) in [6, 6.07) is 0. The van der Waals surface area contributed by atoms with Crippen LogP contribution >= 0.6 is 0 Å². The van der Waals surface area contributed by atoms with E-state index in [1.165, 1.54) is 0 Å². The predicted octanol–water partition coefficient (Wildman–Crippen LogP) is 3.81. The number of hydrogen-bond acceptors (Lipinski definition) is 7. The van der Waals surface area contributed by atoms with Gasteiger partial charge in [-0.25, -0.2) is 0 Å². The van der Waals surface area contributed by atoms with Crippen LogP contribution in [0.4, 0.5) is 0 Å². The topological polar surface area (TPSA) is 141 Å². The van der Waals surface area contributed by atoms with Gasteiger partial charge in [-0.2, -0.15) is 0 Å². The number of nitrogens with one attached hydrogen (secondary N) is 3. The molecule has 0 heterocycles. The number of methoxy groups -OCH3 is 1. The van der Waals surface area contributed by atoms with Gasteiger partial charge in [-0.1, -0.05) is 48.5 Å². The molecule has 0 atom stereocenters. The van der Waals surface area contributed by atoms with Gasteiger partial charge in [0.1, 0.15) is 0 Å². The van der Waals surface area contributed by atoms with E-state index in [4.69, 9.17) is 19.9 Å². The van der Waals surface area contributed by atoms with Crippen molar-refractivity contribution in [1.29, 1.82) is 0 Å². The Morgan fingerprint density at radius 2 is 1.24 bits per heavy atom. The normalized spacial score (nSPS) is 12.3. The SMILES string of the molecule is CCCC(=O)NCCCCCNC(=O)CC(C)(C)COCC(C)(C)CN.COCC(C)(C)COCC(C)(C)NC=O. The van der Waals surface area contributed by atoms with E-state index in [9.17, 15) is 14.4 Å². The van der Waals surface area contributed by atoms with E-state index in [2.05, 4.69) is 43.6 Å². The average Bonchev–Trinajstić information content (AvgIpc) is 2.83. The molecule has 10 heteroatoms. The monoisotopic (exact) mass is 588 g/mol.